The first-order valence-corrected chi connectivity index (χ1v) is 5.57. The number of carbonyl (C=O) groups is 1. The molecule has 0 unspecified atom stereocenters. The Labute approximate surface area is 103 Å². The number of alkyl carbamates (subject to hydrolysis) is 1. The van der Waals surface area contributed by atoms with Crippen molar-refractivity contribution in [3.63, 3.8) is 0 Å². The highest BCUT2D eigenvalue weighted by molar-refractivity contribution is 5.69. The largest absolute Gasteiger partial charge is 0.494 e. The molecule has 1 aromatic rings. The van der Waals surface area contributed by atoms with E-state index in [0.717, 1.165) is 0 Å². The zero-order chi connectivity index (χ0) is 13.2. The highest BCUT2D eigenvalue weighted by Gasteiger charge is 2.46. The zero-order valence-electron chi connectivity index (χ0n) is 9.78. The number of hydrogen-bond donors (Lipinski definition) is 1. The molecule has 18 heavy (non-hydrogen) atoms. The van der Waals surface area contributed by atoms with Crippen LogP contribution in [0.25, 0.3) is 0 Å². The summed E-state index contributed by atoms with van der Waals surface area (Å²) in [6, 6.07) is 4.91. The topological polar surface area (TPSA) is 47.6 Å². The van der Waals surface area contributed by atoms with Crippen molar-refractivity contribution in [1.29, 1.82) is 0 Å². The predicted molar refractivity (Wildman–Crippen MR) is 59.8 cm³/mol. The second-order valence-electron chi connectivity index (χ2n) is 3.92. The summed E-state index contributed by atoms with van der Waals surface area (Å²) in [6.45, 7) is 1.33. The van der Waals surface area contributed by atoms with E-state index in [1.54, 1.807) is 19.1 Å². The number of nitrogens with one attached hydrogen (secondary N) is 1. The van der Waals surface area contributed by atoms with Gasteiger partial charge in [0.25, 0.3) is 0 Å². The Morgan fingerprint density at radius 2 is 2.33 bits per heavy atom. The summed E-state index contributed by atoms with van der Waals surface area (Å²) in [5.74, 6) is -2.65. The molecule has 1 aliphatic heterocycles. The van der Waals surface area contributed by atoms with Crippen molar-refractivity contribution in [2.45, 2.75) is 18.9 Å². The molecule has 6 heteroatoms. The van der Waals surface area contributed by atoms with Crippen molar-refractivity contribution in [3.05, 3.63) is 29.8 Å². The minimum absolute atomic E-state index is 0.294. The van der Waals surface area contributed by atoms with Crippen LogP contribution in [0.2, 0.25) is 0 Å². The third-order valence-corrected chi connectivity index (χ3v) is 2.58. The summed E-state index contributed by atoms with van der Waals surface area (Å²) in [5.41, 5.74) is 0.294. The molecule has 1 atom stereocenters. The van der Waals surface area contributed by atoms with E-state index in [9.17, 15) is 13.6 Å². The maximum Gasteiger partial charge on any atom is 0.408 e. The van der Waals surface area contributed by atoms with Gasteiger partial charge < -0.3 is 14.8 Å². The molecule has 98 valence electrons. The van der Waals surface area contributed by atoms with Crippen molar-refractivity contribution in [2.75, 3.05) is 13.2 Å². The average molecular weight is 257 g/mol. The van der Waals surface area contributed by atoms with Crippen LogP contribution in [-0.4, -0.2) is 25.2 Å². The number of alkyl halides is 2. The van der Waals surface area contributed by atoms with Crippen LogP contribution in [0, 0.1) is 0 Å². The molecule has 4 nitrogen and oxygen atoms in total. The number of halogens is 2. The van der Waals surface area contributed by atoms with Gasteiger partial charge in [0.1, 0.15) is 11.8 Å². The fourth-order valence-corrected chi connectivity index (χ4v) is 1.79. The summed E-state index contributed by atoms with van der Waals surface area (Å²) >= 11 is 0. The molecule has 0 aliphatic carbocycles. The Balaban J connectivity index is 2.28. The van der Waals surface area contributed by atoms with Gasteiger partial charge in [-0.25, -0.2) is 13.6 Å². The first-order valence-electron chi connectivity index (χ1n) is 5.57. The molecular weight excluding hydrogens is 244 g/mol. The van der Waals surface area contributed by atoms with E-state index < -0.39 is 24.7 Å². The van der Waals surface area contributed by atoms with Crippen molar-refractivity contribution < 1.29 is 23.0 Å². The third kappa shape index (κ3) is 2.52. The van der Waals surface area contributed by atoms with E-state index in [4.69, 9.17) is 4.74 Å². The van der Waals surface area contributed by atoms with Crippen LogP contribution in [0.15, 0.2) is 24.3 Å². The van der Waals surface area contributed by atoms with Gasteiger partial charge in [-0.3, -0.25) is 0 Å². The first-order chi connectivity index (χ1) is 8.53. The van der Waals surface area contributed by atoms with Gasteiger partial charge in [-0.2, -0.15) is 0 Å². The molecule has 0 radical (unpaired) electrons. The van der Waals surface area contributed by atoms with Crippen LogP contribution in [0.3, 0.4) is 0 Å². The van der Waals surface area contributed by atoms with Gasteiger partial charge in [-0.1, -0.05) is 12.1 Å². The second kappa shape index (κ2) is 4.80. The smallest absolute Gasteiger partial charge is 0.408 e. The fourth-order valence-electron chi connectivity index (χ4n) is 1.79. The summed E-state index contributed by atoms with van der Waals surface area (Å²) in [4.78, 5) is 11.0. The molecule has 0 aromatic heterocycles. The van der Waals surface area contributed by atoms with Crippen LogP contribution in [0.5, 0.6) is 5.75 Å². The van der Waals surface area contributed by atoms with Crippen LogP contribution >= 0.6 is 0 Å². The maximum absolute atomic E-state index is 13.7. The molecule has 0 spiro atoms. The van der Waals surface area contributed by atoms with Gasteiger partial charge in [0.05, 0.1) is 6.61 Å². The average Bonchev–Trinajstić information content (AvgIpc) is 2.33. The molecule has 1 saturated heterocycles. The lowest BCUT2D eigenvalue weighted by molar-refractivity contribution is -0.104. The zero-order valence-corrected chi connectivity index (χ0v) is 9.78. The molecule has 0 saturated carbocycles. The molecule has 1 fully saturated rings. The molecule has 1 aromatic carbocycles. The third-order valence-electron chi connectivity index (χ3n) is 2.58. The van der Waals surface area contributed by atoms with E-state index in [2.05, 4.69) is 10.1 Å². The number of rotatable bonds is 3. The second-order valence-corrected chi connectivity index (χ2v) is 3.92. The van der Waals surface area contributed by atoms with E-state index in [1.807, 2.05) is 0 Å². The Hall–Kier alpha value is -1.85. The van der Waals surface area contributed by atoms with Crippen LogP contribution in [-0.2, 0) is 4.74 Å². The number of ether oxygens (including phenoxy) is 2. The minimum Gasteiger partial charge on any atom is -0.494 e. The number of hydrogen-bond acceptors (Lipinski definition) is 3. The Kier molecular flexibility index (Phi) is 3.36. The maximum atomic E-state index is 13.7. The molecule has 1 N–H and O–H groups in total. The van der Waals surface area contributed by atoms with Gasteiger partial charge in [0.2, 0.25) is 0 Å². The monoisotopic (exact) mass is 257 g/mol. The molecule has 0 bridgehead atoms. The van der Waals surface area contributed by atoms with Gasteiger partial charge in [-0.05, 0) is 24.6 Å². The van der Waals surface area contributed by atoms with Crippen molar-refractivity contribution in [2.24, 2.45) is 0 Å². The molecular formula is C12H13F2NO3. The van der Waals surface area contributed by atoms with Gasteiger partial charge in [0.15, 0.2) is 6.61 Å². The number of cyclic esters (lactones) is 1. The van der Waals surface area contributed by atoms with Crippen LogP contribution in [0.4, 0.5) is 13.6 Å². The van der Waals surface area contributed by atoms with E-state index in [1.165, 1.54) is 12.1 Å². The Bertz CT molecular complexity index is 451. The van der Waals surface area contributed by atoms with E-state index in [-0.39, 0.29) is 0 Å². The van der Waals surface area contributed by atoms with Crippen LogP contribution < -0.4 is 10.1 Å². The summed E-state index contributed by atoms with van der Waals surface area (Å²) in [5, 5.41) is 2.13. The molecule has 1 amide bonds. The summed E-state index contributed by atoms with van der Waals surface area (Å²) in [7, 11) is 0. The number of amides is 1. The lowest BCUT2D eigenvalue weighted by Crippen LogP contribution is -2.49. The van der Waals surface area contributed by atoms with Gasteiger partial charge in [0, 0.05) is 0 Å². The van der Waals surface area contributed by atoms with Crippen molar-refractivity contribution in [1.82, 2.24) is 5.32 Å². The molecule has 1 aliphatic rings. The Morgan fingerprint density at radius 3 is 3.06 bits per heavy atom. The van der Waals surface area contributed by atoms with Crippen molar-refractivity contribution in [3.8, 4) is 5.75 Å². The first kappa shape index (κ1) is 12.6. The van der Waals surface area contributed by atoms with Crippen molar-refractivity contribution >= 4 is 6.09 Å². The SMILES string of the molecule is CCOc1cccc([C@@H]2NC(=O)OCC2(F)F)c1. The lowest BCUT2D eigenvalue weighted by Gasteiger charge is -2.31. The van der Waals surface area contributed by atoms with E-state index in [0.29, 0.717) is 17.9 Å². The highest BCUT2D eigenvalue weighted by Crippen LogP contribution is 2.35. The Morgan fingerprint density at radius 1 is 1.56 bits per heavy atom. The quantitative estimate of drug-likeness (QED) is 0.905. The molecule has 2 rings (SSSR count). The highest BCUT2D eigenvalue weighted by atomic mass is 19.3. The number of carbonyl (C=O) groups excluding carboxylic acids is 1. The predicted octanol–water partition coefficient (Wildman–Crippen LogP) is 2.50. The molecule has 1 heterocycles. The standard InChI is InChI=1S/C12H13F2NO3/c1-2-17-9-5-3-4-8(6-9)10-12(13,14)7-18-11(16)15-10/h3-6,10H,2,7H2,1H3,(H,15,16)/t10-/m0/s1. The van der Waals surface area contributed by atoms with Gasteiger partial charge >= 0.3 is 12.0 Å². The van der Waals surface area contributed by atoms with Crippen LogP contribution in [0.1, 0.15) is 18.5 Å². The van der Waals surface area contributed by atoms with Gasteiger partial charge in [-0.15, -0.1) is 0 Å². The minimum atomic E-state index is -3.14. The normalized spacial score (nSPS) is 21.9. The summed E-state index contributed by atoms with van der Waals surface area (Å²) in [6.07, 6.45) is -0.840. The lowest BCUT2D eigenvalue weighted by atomic mass is 10.00. The van der Waals surface area contributed by atoms with E-state index >= 15 is 0 Å². The number of benzene rings is 1. The fraction of sp³-hybridized carbons (Fsp3) is 0.417. The summed E-state index contributed by atoms with van der Waals surface area (Å²) < 4.78 is 36.9.